The number of rotatable bonds is 11. The SMILES string of the molecule is CCOc1cc(C(=O)N(C)C(C)c2cncc3cnn(COCC[Si](C)(C)C)c23)ccc1-c1cccc(F)c1. The fourth-order valence-electron chi connectivity index (χ4n) is 4.41. The first-order valence-corrected chi connectivity index (χ1v) is 17.0. The molecule has 2 aromatic carbocycles. The Morgan fingerprint density at radius 1 is 1.13 bits per heavy atom. The third-order valence-electron chi connectivity index (χ3n) is 6.79. The van der Waals surface area contributed by atoms with E-state index in [4.69, 9.17) is 9.47 Å². The standard InChI is InChI=1S/C30H37FN4O3Si/c1-7-38-28-16-23(11-12-26(28)22-9-8-10-25(31)15-22)30(36)34(3)21(2)27-19-32-17-24-18-33-35(29(24)27)20-37-13-14-39(4,5)6/h8-12,15-19,21H,7,13-14,20H2,1-6H3. The average molecular weight is 549 g/mol. The molecule has 0 radical (unpaired) electrons. The van der Waals surface area contributed by atoms with Crippen LogP contribution in [0.1, 0.15) is 35.8 Å². The Kier molecular flexibility index (Phi) is 8.82. The predicted molar refractivity (Wildman–Crippen MR) is 155 cm³/mol. The van der Waals surface area contributed by atoms with Gasteiger partial charge in [0.25, 0.3) is 5.91 Å². The highest BCUT2D eigenvalue weighted by Crippen LogP contribution is 2.33. The summed E-state index contributed by atoms with van der Waals surface area (Å²) in [6.45, 7) is 12.3. The van der Waals surface area contributed by atoms with Crippen molar-refractivity contribution in [3.8, 4) is 16.9 Å². The molecule has 0 saturated carbocycles. The van der Waals surface area contributed by atoms with E-state index in [0.717, 1.165) is 28.1 Å². The second kappa shape index (κ2) is 12.1. The summed E-state index contributed by atoms with van der Waals surface area (Å²) < 4.78 is 27.5. The quantitative estimate of drug-likeness (QED) is 0.153. The number of hydrogen-bond donors (Lipinski definition) is 0. The second-order valence-electron chi connectivity index (χ2n) is 10.9. The number of hydrogen-bond acceptors (Lipinski definition) is 5. The van der Waals surface area contributed by atoms with Crippen molar-refractivity contribution in [1.82, 2.24) is 19.7 Å². The molecule has 1 unspecified atom stereocenters. The normalized spacial score (nSPS) is 12.5. The maximum Gasteiger partial charge on any atom is 0.254 e. The Morgan fingerprint density at radius 2 is 1.92 bits per heavy atom. The van der Waals surface area contributed by atoms with Gasteiger partial charge in [-0.2, -0.15) is 5.10 Å². The van der Waals surface area contributed by atoms with E-state index >= 15 is 0 Å². The number of carbonyl (C=O) groups excluding carboxylic acids is 1. The molecule has 7 nitrogen and oxygen atoms in total. The van der Waals surface area contributed by atoms with Gasteiger partial charge < -0.3 is 14.4 Å². The molecule has 4 aromatic rings. The number of nitrogens with zero attached hydrogens (tertiary/aromatic N) is 4. The van der Waals surface area contributed by atoms with Gasteiger partial charge in [0, 0.05) is 56.2 Å². The monoisotopic (exact) mass is 548 g/mol. The van der Waals surface area contributed by atoms with Crippen LogP contribution in [0.2, 0.25) is 25.7 Å². The Balaban J connectivity index is 1.58. The predicted octanol–water partition coefficient (Wildman–Crippen LogP) is 6.78. The molecular weight excluding hydrogens is 511 g/mol. The lowest BCUT2D eigenvalue weighted by atomic mass is 10.0. The number of pyridine rings is 1. The van der Waals surface area contributed by atoms with Crippen LogP contribution in [-0.2, 0) is 11.5 Å². The highest BCUT2D eigenvalue weighted by molar-refractivity contribution is 6.76. The fraction of sp³-hybridized carbons (Fsp3) is 0.367. The molecule has 39 heavy (non-hydrogen) atoms. The van der Waals surface area contributed by atoms with Crippen LogP contribution in [0.25, 0.3) is 22.0 Å². The number of ether oxygens (including phenoxy) is 2. The first kappa shape index (κ1) is 28.4. The summed E-state index contributed by atoms with van der Waals surface area (Å²) in [5.41, 5.74) is 3.70. The van der Waals surface area contributed by atoms with Crippen LogP contribution >= 0.6 is 0 Å². The van der Waals surface area contributed by atoms with Crippen molar-refractivity contribution in [2.75, 3.05) is 20.3 Å². The van der Waals surface area contributed by atoms with E-state index in [-0.39, 0.29) is 17.8 Å². The molecule has 1 amide bonds. The van der Waals surface area contributed by atoms with Crippen LogP contribution < -0.4 is 4.74 Å². The van der Waals surface area contributed by atoms with Gasteiger partial charge in [0.05, 0.1) is 24.4 Å². The number of halogens is 1. The van der Waals surface area contributed by atoms with E-state index in [9.17, 15) is 9.18 Å². The molecule has 0 saturated heterocycles. The Labute approximate surface area is 230 Å². The van der Waals surface area contributed by atoms with Gasteiger partial charge in [-0.15, -0.1) is 0 Å². The lowest BCUT2D eigenvalue weighted by Gasteiger charge is -2.26. The van der Waals surface area contributed by atoms with E-state index < -0.39 is 8.07 Å². The molecule has 0 spiro atoms. The topological polar surface area (TPSA) is 69.5 Å². The zero-order valence-electron chi connectivity index (χ0n) is 23.6. The van der Waals surface area contributed by atoms with Crippen molar-refractivity contribution in [1.29, 1.82) is 0 Å². The summed E-state index contributed by atoms with van der Waals surface area (Å²) in [5.74, 6) is 0.0446. The van der Waals surface area contributed by atoms with Crippen molar-refractivity contribution in [3.63, 3.8) is 0 Å². The Morgan fingerprint density at radius 3 is 2.64 bits per heavy atom. The summed E-state index contributed by atoms with van der Waals surface area (Å²) in [6, 6.07) is 12.4. The van der Waals surface area contributed by atoms with Crippen molar-refractivity contribution in [2.45, 2.75) is 52.3 Å². The summed E-state index contributed by atoms with van der Waals surface area (Å²) in [5, 5.41) is 5.42. The molecule has 0 aliphatic carbocycles. The van der Waals surface area contributed by atoms with Gasteiger partial charge in [-0.3, -0.25) is 9.78 Å². The zero-order valence-corrected chi connectivity index (χ0v) is 24.6. The molecule has 1 atom stereocenters. The number of carbonyl (C=O) groups is 1. The maximum atomic E-state index is 13.9. The highest BCUT2D eigenvalue weighted by Gasteiger charge is 2.24. The van der Waals surface area contributed by atoms with Crippen molar-refractivity contribution in [3.05, 3.63) is 78.0 Å². The molecular formula is C30H37FN4O3Si. The highest BCUT2D eigenvalue weighted by atomic mass is 28.3. The molecule has 206 valence electrons. The fourth-order valence-corrected chi connectivity index (χ4v) is 5.17. The van der Waals surface area contributed by atoms with Gasteiger partial charge in [0.15, 0.2) is 0 Å². The lowest BCUT2D eigenvalue weighted by molar-refractivity contribution is 0.0739. The van der Waals surface area contributed by atoms with Crippen LogP contribution in [-0.4, -0.2) is 53.9 Å². The molecule has 0 bridgehead atoms. The molecule has 4 rings (SSSR count). The van der Waals surface area contributed by atoms with Gasteiger partial charge in [0.2, 0.25) is 0 Å². The van der Waals surface area contributed by atoms with Crippen LogP contribution in [0, 0.1) is 5.82 Å². The summed E-state index contributed by atoms with van der Waals surface area (Å²) in [6.07, 6.45) is 5.34. The van der Waals surface area contributed by atoms with Crippen LogP contribution in [0.3, 0.4) is 0 Å². The number of fused-ring (bicyclic) bond motifs is 1. The first-order valence-electron chi connectivity index (χ1n) is 13.3. The zero-order chi connectivity index (χ0) is 28.2. The van der Waals surface area contributed by atoms with E-state index in [1.54, 1.807) is 54.8 Å². The Hall–Kier alpha value is -3.56. The minimum atomic E-state index is -1.19. The molecule has 0 aliphatic rings. The largest absolute Gasteiger partial charge is 0.493 e. The number of aromatic nitrogens is 3. The van der Waals surface area contributed by atoms with Gasteiger partial charge in [-0.05, 0) is 55.8 Å². The first-order chi connectivity index (χ1) is 18.6. The molecule has 2 heterocycles. The van der Waals surface area contributed by atoms with Gasteiger partial charge in [-0.1, -0.05) is 31.8 Å². The molecule has 0 fully saturated rings. The van der Waals surface area contributed by atoms with Crippen LogP contribution in [0.5, 0.6) is 5.75 Å². The number of amides is 1. The van der Waals surface area contributed by atoms with Gasteiger partial charge in [-0.25, -0.2) is 9.07 Å². The third kappa shape index (κ3) is 6.72. The number of benzene rings is 2. The second-order valence-corrected chi connectivity index (χ2v) is 16.5. The maximum absolute atomic E-state index is 13.9. The molecule has 0 aliphatic heterocycles. The minimum Gasteiger partial charge on any atom is -0.493 e. The molecule has 2 aromatic heterocycles. The van der Waals surface area contributed by atoms with Crippen LogP contribution in [0.15, 0.2) is 61.1 Å². The average Bonchev–Trinajstić information content (AvgIpc) is 3.33. The summed E-state index contributed by atoms with van der Waals surface area (Å²) >= 11 is 0. The van der Waals surface area contributed by atoms with E-state index in [1.165, 1.54) is 12.1 Å². The smallest absolute Gasteiger partial charge is 0.254 e. The summed E-state index contributed by atoms with van der Waals surface area (Å²) in [4.78, 5) is 19.7. The van der Waals surface area contributed by atoms with Crippen molar-refractivity contribution < 1.29 is 18.7 Å². The van der Waals surface area contributed by atoms with E-state index in [0.29, 0.717) is 36.8 Å². The minimum absolute atomic E-state index is 0.163. The van der Waals surface area contributed by atoms with Gasteiger partial charge in [0.1, 0.15) is 18.3 Å². The Bertz CT molecular complexity index is 1450. The van der Waals surface area contributed by atoms with E-state index in [1.807, 2.05) is 24.6 Å². The van der Waals surface area contributed by atoms with Crippen molar-refractivity contribution >= 4 is 24.9 Å². The molecule has 9 heteroatoms. The molecule has 0 N–H and O–H groups in total. The lowest BCUT2D eigenvalue weighted by Crippen LogP contribution is -2.30. The van der Waals surface area contributed by atoms with Crippen LogP contribution in [0.4, 0.5) is 4.39 Å². The van der Waals surface area contributed by atoms with Crippen molar-refractivity contribution in [2.24, 2.45) is 0 Å². The summed E-state index contributed by atoms with van der Waals surface area (Å²) in [7, 11) is 0.585. The van der Waals surface area contributed by atoms with Gasteiger partial charge >= 0.3 is 0 Å². The third-order valence-corrected chi connectivity index (χ3v) is 8.50. The van der Waals surface area contributed by atoms with E-state index in [2.05, 4.69) is 29.7 Å².